The molecule has 4 aliphatic rings. The average Bonchev–Trinajstić information content (AvgIpc) is 3.15. The van der Waals surface area contributed by atoms with Gasteiger partial charge in [0.2, 0.25) is 0 Å². The zero-order valence-electron chi connectivity index (χ0n) is 16.8. The van der Waals surface area contributed by atoms with Crippen molar-refractivity contribution in [2.45, 2.75) is 65.6 Å². The Balaban J connectivity index is 1.27. The minimum absolute atomic E-state index is 0.220. The fourth-order valence-electron chi connectivity index (χ4n) is 7.26. The number of aliphatic imine (C=N–C) groups is 2. The number of fused-ring (bicyclic) bond motifs is 4. The Hall–Kier alpha value is -0.740. The third kappa shape index (κ3) is 2.63. The summed E-state index contributed by atoms with van der Waals surface area (Å²) in [5.74, 6) is 2.46. The first-order valence-corrected chi connectivity index (χ1v) is 10.6. The summed E-state index contributed by atoms with van der Waals surface area (Å²) in [5.41, 5.74) is 0.498. The third-order valence-corrected chi connectivity index (χ3v) is 8.86. The van der Waals surface area contributed by atoms with Crippen molar-refractivity contribution >= 4 is 12.4 Å². The lowest BCUT2D eigenvalue weighted by molar-refractivity contribution is 0.0785. The van der Waals surface area contributed by atoms with E-state index in [9.17, 15) is 10.2 Å². The summed E-state index contributed by atoms with van der Waals surface area (Å²) in [5, 5.41) is 21.1. The molecule has 4 heteroatoms. The van der Waals surface area contributed by atoms with Gasteiger partial charge in [-0.05, 0) is 60.2 Å². The van der Waals surface area contributed by atoms with Gasteiger partial charge < -0.3 is 10.2 Å². The first kappa shape index (κ1) is 18.6. The van der Waals surface area contributed by atoms with Crippen molar-refractivity contribution in [1.29, 1.82) is 0 Å². The standard InChI is InChI=1S/C22H36N2O2/c1-21(2)15-5-7-17(21)19(25)13(15)11-23-9-10-24-12-14-16-6-8-18(20(14)26)22(16,3)4/h11-20,25-26H,5-10H2,1-4H3. The molecule has 0 amide bonds. The van der Waals surface area contributed by atoms with E-state index < -0.39 is 0 Å². The summed E-state index contributed by atoms with van der Waals surface area (Å²) in [6.45, 7) is 10.6. The third-order valence-electron chi connectivity index (χ3n) is 8.86. The van der Waals surface area contributed by atoms with Crippen LogP contribution >= 0.6 is 0 Å². The van der Waals surface area contributed by atoms with Gasteiger partial charge in [0.1, 0.15) is 0 Å². The van der Waals surface area contributed by atoms with Gasteiger partial charge in [-0.15, -0.1) is 0 Å². The van der Waals surface area contributed by atoms with Gasteiger partial charge in [-0.2, -0.15) is 0 Å². The zero-order valence-corrected chi connectivity index (χ0v) is 16.8. The fraction of sp³-hybridized carbons (Fsp3) is 0.909. The van der Waals surface area contributed by atoms with Crippen molar-refractivity contribution in [2.24, 2.45) is 56.3 Å². The molecule has 0 spiro atoms. The quantitative estimate of drug-likeness (QED) is 0.584. The van der Waals surface area contributed by atoms with Gasteiger partial charge in [-0.25, -0.2) is 0 Å². The first-order chi connectivity index (χ1) is 12.3. The Kier molecular flexibility index (Phi) is 4.59. The second-order valence-electron chi connectivity index (χ2n) is 10.5. The summed E-state index contributed by atoms with van der Waals surface area (Å²) in [6.07, 6.45) is 8.36. The van der Waals surface area contributed by atoms with Crippen LogP contribution in [-0.2, 0) is 0 Å². The Morgan fingerprint density at radius 1 is 0.692 bits per heavy atom. The van der Waals surface area contributed by atoms with E-state index in [4.69, 9.17) is 0 Å². The number of hydrogen-bond donors (Lipinski definition) is 2. The van der Waals surface area contributed by atoms with E-state index in [1.165, 1.54) is 12.8 Å². The molecule has 8 atom stereocenters. The van der Waals surface area contributed by atoms with Crippen LogP contribution in [0.5, 0.6) is 0 Å². The average molecular weight is 361 g/mol. The van der Waals surface area contributed by atoms with E-state index in [2.05, 4.69) is 37.7 Å². The van der Waals surface area contributed by atoms with E-state index >= 15 is 0 Å². The molecular weight excluding hydrogens is 324 g/mol. The van der Waals surface area contributed by atoms with Gasteiger partial charge in [-0.1, -0.05) is 27.7 Å². The number of aliphatic hydroxyl groups is 2. The lowest BCUT2D eigenvalue weighted by Gasteiger charge is -2.24. The van der Waals surface area contributed by atoms with Crippen molar-refractivity contribution in [3.63, 3.8) is 0 Å². The number of nitrogens with zero attached hydrogens (tertiary/aromatic N) is 2. The molecule has 4 saturated carbocycles. The molecule has 0 heterocycles. The van der Waals surface area contributed by atoms with Crippen molar-refractivity contribution in [2.75, 3.05) is 13.1 Å². The second kappa shape index (κ2) is 6.41. The van der Waals surface area contributed by atoms with E-state index in [1.54, 1.807) is 0 Å². The second-order valence-corrected chi connectivity index (χ2v) is 10.5. The van der Waals surface area contributed by atoms with Crippen LogP contribution in [0, 0.1) is 46.3 Å². The molecule has 0 aliphatic heterocycles. The summed E-state index contributed by atoms with van der Waals surface area (Å²) in [7, 11) is 0. The van der Waals surface area contributed by atoms with Crippen molar-refractivity contribution in [3.05, 3.63) is 0 Å². The molecule has 8 unspecified atom stereocenters. The minimum Gasteiger partial charge on any atom is -0.392 e. The molecule has 146 valence electrons. The molecule has 2 N–H and O–H groups in total. The Morgan fingerprint density at radius 2 is 1.04 bits per heavy atom. The number of aliphatic hydroxyl groups excluding tert-OH is 2. The monoisotopic (exact) mass is 360 g/mol. The maximum Gasteiger partial charge on any atom is 0.0653 e. The van der Waals surface area contributed by atoms with Crippen LogP contribution in [0.3, 0.4) is 0 Å². The molecule has 0 aromatic carbocycles. The topological polar surface area (TPSA) is 65.2 Å². The summed E-state index contributed by atoms with van der Waals surface area (Å²) < 4.78 is 0. The normalized spacial score (nSPS) is 48.4. The van der Waals surface area contributed by atoms with Crippen LogP contribution in [0.4, 0.5) is 0 Å². The molecule has 4 fully saturated rings. The van der Waals surface area contributed by atoms with E-state index in [1.807, 2.05) is 12.4 Å². The highest BCUT2D eigenvalue weighted by Crippen LogP contribution is 2.60. The molecule has 0 saturated heterocycles. The van der Waals surface area contributed by atoms with Crippen LogP contribution in [0.1, 0.15) is 53.4 Å². The molecular formula is C22H36N2O2. The smallest absolute Gasteiger partial charge is 0.0653 e. The molecule has 0 aromatic heterocycles. The molecule has 4 bridgehead atoms. The van der Waals surface area contributed by atoms with Crippen LogP contribution in [0.2, 0.25) is 0 Å². The van der Waals surface area contributed by atoms with Crippen molar-refractivity contribution in [3.8, 4) is 0 Å². The first-order valence-electron chi connectivity index (χ1n) is 10.6. The summed E-state index contributed by atoms with van der Waals surface area (Å²) in [4.78, 5) is 9.17. The van der Waals surface area contributed by atoms with Gasteiger partial charge in [0.25, 0.3) is 0 Å². The van der Waals surface area contributed by atoms with Crippen molar-refractivity contribution < 1.29 is 10.2 Å². The highest BCUT2D eigenvalue weighted by atomic mass is 16.3. The van der Waals surface area contributed by atoms with Crippen LogP contribution in [0.25, 0.3) is 0 Å². The highest BCUT2D eigenvalue weighted by molar-refractivity contribution is 5.65. The molecule has 4 rings (SSSR count). The maximum absolute atomic E-state index is 10.6. The lowest BCUT2D eigenvalue weighted by Crippen LogP contribution is -2.28. The fourth-order valence-corrected chi connectivity index (χ4v) is 7.26. The zero-order chi connectivity index (χ0) is 18.7. The SMILES string of the molecule is CC1(C)C2CCC1C(C=NCCN=CC1C(O)C3CCC1C3(C)C)C2O. The largest absolute Gasteiger partial charge is 0.392 e. The summed E-state index contributed by atoms with van der Waals surface area (Å²) >= 11 is 0. The van der Waals surface area contributed by atoms with E-state index in [-0.39, 0.29) is 34.9 Å². The van der Waals surface area contributed by atoms with Gasteiger partial charge in [0, 0.05) is 24.3 Å². The predicted octanol–water partition coefficient (Wildman–Crippen LogP) is 3.21. The van der Waals surface area contributed by atoms with Crippen LogP contribution < -0.4 is 0 Å². The van der Waals surface area contributed by atoms with E-state index in [0.29, 0.717) is 36.8 Å². The lowest BCUT2D eigenvalue weighted by atomic mass is 9.80. The number of hydrogen-bond acceptors (Lipinski definition) is 4. The Bertz CT molecular complexity index is 545. The van der Waals surface area contributed by atoms with Gasteiger partial charge in [0.15, 0.2) is 0 Å². The molecule has 4 nitrogen and oxygen atoms in total. The van der Waals surface area contributed by atoms with Crippen molar-refractivity contribution in [1.82, 2.24) is 0 Å². The predicted molar refractivity (Wildman–Crippen MR) is 106 cm³/mol. The number of rotatable bonds is 5. The van der Waals surface area contributed by atoms with Crippen LogP contribution in [-0.4, -0.2) is 47.9 Å². The van der Waals surface area contributed by atoms with Crippen LogP contribution in [0.15, 0.2) is 9.98 Å². The van der Waals surface area contributed by atoms with E-state index in [0.717, 1.165) is 12.8 Å². The summed E-state index contributed by atoms with van der Waals surface area (Å²) in [6, 6.07) is 0. The highest BCUT2D eigenvalue weighted by Gasteiger charge is 2.58. The molecule has 4 aliphatic carbocycles. The minimum atomic E-state index is -0.220. The maximum atomic E-state index is 10.6. The molecule has 26 heavy (non-hydrogen) atoms. The van der Waals surface area contributed by atoms with Gasteiger partial charge in [0.05, 0.1) is 25.3 Å². The molecule has 0 aromatic rings. The Morgan fingerprint density at radius 3 is 1.35 bits per heavy atom. The Labute approximate surface area is 158 Å². The van der Waals surface area contributed by atoms with Gasteiger partial charge >= 0.3 is 0 Å². The molecule has 0 radical (unpaired) electrons. The van der Waals surface area contributed by atoms with Gasteiger partial charge in [-0.3, -0.25) is 9.98 Å².